The summed E-state index contributed by atoms with van der Waals surface area (Å²) in [6.45, 7) is 2.88. The summed E-state index contributed by atoms with van der Waals surface area (Å²) in [5.41, 5.74) is 0.692. The summed E-state index contributed by atoms with van der Waals surface area (Å²) in [7, 11) is -2.94. The lowest BCUT2D eigenvalue weighted by molar-refractivity contribution is -0.175. The van der Waals surface area contributed by atoms with Crippen molar-refractivity contribution >= 4 is 16.0 Å². The van der Waals surface area contributed by atoms with Crippen LogP contribution in [0, 0.1) is 6.92 Å². The minimum atomic E-state index is -4.34. The average Bonchev–Trinajstić information content (AvgIpc) is 2.66. The molecule has 9 heteroatoms. The molecule has 0 aliphatic heterocycles. The normalized spacial score (nSPS) is 13.0. The molecule has 6 nitrogen and oxygen atoms in total. The largest absolute Gasteiger partial charge is 0.497 e. The summed E-state index contributed by atoms with van der Waals surface area (Å²) in [5, 5.41) is 0. The van der Waals surface area contributed by atoms with Gasteiger partial charge in [0.1, 0.15) is 11.8 Å². The van der Waals surface area contributed by atoms with Crippen molar-refractivity contribution in [3.8, 4) is 5.75 Å². The van der Waals surface area contributed by atoms with E-state index in [0.29, 0.717) is 5.75 Å². The van der Waals surface area contributed by atoms with Gasteiger partial charge in [0.25, 0.3) is 0 Å². The van der Waals surface area contributed by atoms with Crippen molar-refractivity contribution in [2.45, 2.75) is 30.7 Å². The van der Waals surface area contributed by atoms with Gasteiger partial charge in [-0.1, -0.05) is 29.8 Å². The highest BCUT2D eigenvalue weighted by Gasteiger charge is 2.51. The van der Waals surface area contributed by atoms with E-state index >= 15 is 0 Å². The molecular weight excluding hydrogens is 392 g/mol. The van der Waals surface area contributed by atoms with Gasteiger partial charge in [-0.15, -0.1) is 0 Å². The van der Waals surface area contributed by atoms with Crippen LogP contribution in [0.2, 0.25) is 0 Å². The van der Waals surface area contributed by atoms with E-state index in [2.05, 4.69) is 4.74 Å². The van der Waals surface area contributed by atoms with E-state index in [4.69, 9.17) is 4.74 Å². The molecule has 0 fully saturated rings. The molecule has 0 radical (unpaired) electrons. The molecule has 0 saturated carbocycles. The van der Waals surface area contributed by atoms with Crippen molar-refractivity contribution in [3.63, 3.8) is 0 Å². The molecule has 1 atom stereocenters. The third-order valence-corrected chi connectivity index (χ3v) is 5.40. The summed E-state index contributed by atoms with van der Waals surface area (Å²) < 4.78 is 66.3. The Morgan fingerprint density at radius 2 is 1.68 bits per heavy atom. The van der Waals surface area contributed by atoms with Gasteiger partial charge in [0.2, 0.25) is 10.0 Å². The zero-order chi connectivity index (χ0) is 20.9. The zero-order valence-corrected chi connectivity index (χ0v) is 16.4. The number of hydrogen-bond donors (Lipinski definition) is 1. The SMILES string of the molecule is CCOC(=O)C(F)(F)C(NS(=O)(=O)c1ccc(C)cc1)c1ccc(OC)cc1. The third kappa shape index (κ3) is 4.85. The van der Waals surface area contributed by atoms with Crippen molar-refractivity contribution in [1.82, 2.24) is 4.72 Å². The number of rotatable bonds is 8. The number of sulfonamides is 1. The number of hydrogen-bond acceptors (Lipinski definition) is 5. The number of carbonyl (C=O) groups excluding carboxylic acids is 1. The van der Waals surface area contributed by atoms with Gasteiger partial charge in [-0.25, -0.2) is 13.2 Å². The molecule has 1 unspecified atom stereocenters. The lowest BCUT2D eigenvalue weighted by Gasteiger charge is -2.26. The Labute approximate surface area is 162 Å². The van der Waals surface area contributed by atoms with Crippen LogP contribution in [-0.4, -0.2) is 34.0 Å². The smallest absolute Gasteiger partial charge is 0.379 e. The van der Waals surface area contributed by atoms with Crippen LogP contribution in [0.3, 0.4) is 0 Å². The second-order valence-electron chi connectivity index (χ2n) is 5.98. The minimum Gasteiger partial charge on any atom is -0.497 e. The fourth-order valence-electron chi connectivity index (χ4n) is 2.43. The molecule has 2 aromatic carbocycles. The summed E-state index contributed by atoms with van der Waals surface area (Å²) >= 11 is 0. The van der Waals surface area contributed by atoms with E-state index in [-0.39, 0.29) is 17.1 Å². The van der Waals surface area contributed by atoms with Crippen LogP contribution in [-0.2, 0) is 19.6 Å². The van der Waals surface area contributed by atoms with Crippen LogP contribution in [0.25, 0.3) is 0 Å². The molecule has 28 heavy (non-hydrogen) atoms. The Balaban J connectivity index is 2.47. The Bertz CT molecular complexity index is 912. The van der Waals surface area contributed by atoms with E-state index in [0.717, 1.165) is 5.56 Å². The Morgan fingerprint density at radius 1 is 1.11 bits per heavy atom. The van der Waals surface area contributed by atoms with Crippen LogP contribution >= 0.6 is 0 Å². The summed E-state index contributed by atoms with van der Waals surface area (Å²) in [6, 6.07) is 8.82. The van der Waals surface area contributed by atoms with Gasteiger partial charge in [-0.05, 0) is 43.7 Å². The quantitative estimate of drug-likeness (QED) is 0.672. The van der Waals surface area contributed by atoms with Crippen LogP contribution in [0.15, 0.2) is 53.4 Å². The van der Waals surface area contributed by atoms with Crippen LogP contribution in [0.4, 0.5) is 8.78 Å². The first-order valence-electron chi connectivity index (χ1n) is 8.39. The molecule has 0 aromatic heterocycles. The number of esters is 1. The van der Waals surface area contributed by atoms with Gasteiger partial charge in [0, 0.05) is 0 Å². The summed E-state index contributed by atoms with van der Waals surface area (Å²) in [6.07, 6.45) is 0. The monoisotopic (exact) mass is 413 g/mol. The number of carbonyl (C=O) groups is 1. The van der Waals surface area contributed by atoms with Crippen molar-refractivity contribution in [2.24, 2.45) is 0 Å². The van der Waals surface area contributed by atoms with E-state index in [1.165, 1.54) is 50.4 Å². The van der Waals surface area contributed by atoms with Gasteiger partial charge < -0.3 is 9.47 Å². The predicted octanol–water partition coefficient (Wildman–Crippen LogP) is 3.22. The lowest BCUT2D eigenvalue weighted by Crippen LogP contribution is -2.46. The number of ether oxygens (including phenoxy) is 2. The number of halogens is 2. The highest BCUT2D eigenvalue weighted by Crippen LogP contribution is 2.35. The standard InChI is InChI=1S/C19H21F2NO5S/c1-4-27-18(23)19(20,21)17(14-7-9-15(26-3)10-8-14)22-28(24,25)16-11-5-13(2)6-12-16/h5-12,17,22H,4H2,1-3H3. The number of nitrogens with one attached hydrogen (secondary N) is 1. The first-order chi connectivity index (χ1) is 13.1. The maximum Gasteiger partial charge on any atom is 0.379 e. The molecule has 0 bridgehead atoms. The van der Waals surface area contributed by atoms with Crippen LogP contribution < -0.4 is 9.46 Å². The van der Waals surface area contributed by atoms with Gasteiger partial charge in [0.05, 0.1) is 18.6 Å². The third-order valence-electron chi connectivity index (χ3n) is 3.96. The highest BCUT2D eigenvalue weighted by molar-refractivity contribution is 7.89. The molecule has 0 amide bonds. The maximum atomic E-state index is 14.8. The van der Waals surface area contributed by atoms with Crippen molar-refractivity contribution < 1.29 is 31.5 Å². The van der Waals surface area contributed by atoms with E-state index in [1.807, 2.05) is 4.72 Å². The molecule has 0 spiro atoms. The van der Waals surface area contributed by atoms with Crippen molar-refractivity contribution in [1.29, 1.82) is 0 Å². The highest BCUT2D eigenvalue weighted by atomic mass is 32.2. The Morgan fingerprint density at radius 3 is 2.18 bits per heavy atom. The minimum absolute atomic E-state index is 0.116. The zero-order valence-electron chi connectivity index (χ0n) is 15.6. The first-order valence-corrected chi connectivity index (χ1v) is 9.88. The first kappa shape index (κ1) is 21.8. The fraction of sp³-hybridized carbons (Fsp3) is 0.316. The topological polar surface area (TPSA) is 81.7 Å². The average molecular weight is 413 g/mol. The van der Waals surface area contributed by atoms with Crippen LogP contribution in [0.1, 0.15) is 24.1 Å². The molecule has 2 aromatic rings. The maximum absolute atomic E-state index is 14.8. The van der Waals surface area contributed by atoms with E-state index in [1.54, 1.807) is 19.1 Å². The number of alkyl halides is 2. The number of benzene rings is 2. The molecule has 0 aliphatic rings. The molecule has 0 saturated heterocycles. The molecular formula is C19H21F2NO5S. The Hall–Kier alpha value is -2.52. The van der Waals surface area contributed by atoms with Crippen LogP contribution in [0.5, 0.6) is 5.75 Å². The number of methoxy groups -OCH3 is 1. The summed E-state index contributed by atoms with van der Waals surface area (Å²) in [5.74, 6) is -5.56. The lowest BCUT2D eigenvalue weighted by atomic mass is 10.0. The Kier molecular flexibility index (Phi) is 6.73. The predicted molar refractivity (Wildman–Crippen MR) is 98.8 cm³/mol. The van der Waals surface area contributed by atoms with E-state index < -0.39 is 28.0 Å². The second-order valence-corrected chi connectivity index (χ2v) is 7.70. The fourth-order valence-corrected chi connectivity index (χ4v) is 3.66. The second kappa shape index (κ2) is 8.66. The molecule has 0 aliphatic carbocycles. The van der Waals surface area contributed by atoms with Crippen molar-refractivity contribution in [3.05, 3.63) is 59.7 Å². The van der Waals surface area contributed by atoms with Gasteiger partial charge >= 0.3 is 11.9 Å². The molecule has 1 N–H and O–H groups in total. The molecule has 2 rings (SSSR count). The molecule has 0 heterocycles. The van der Waals surface area contributed by atoms with Gasteiger partial charge in [0.15, 0.2) is 0 Å². The van der Waals surface area contributed by atoms with Gasteiger partial charge in [-0.3, -0.25) is 0 Å². The number of aryl methyl sites for hydroxylation is 1. The summed E-state index contributed by atoms with van der Waals surface area (Å²) in [4.78, 5) is 11.6. The van der Waals surface area contributed by atoms with E-state index in [9.17, 15) is 22.0 Å². The molecule has 152 valence electrons. The van der Waals surface area contributed by atoms with Crippen molar-refractivity contribution in [2.75, 3.05) is 13.7 Å². The van der Waals surface area contributed by atoms with Gasteiger partial charge in [-0.2, -0.15) is 13.5 Å².